The maximum absolute atomic E-state index is 12.8. The molecule has 0 bridgehead atoms. The zero-order chi connectivity index (χ0) is 19.4. The monoisotopic (exact) mass is 406 g/mol. The molecule has 0 aliphatic heterocycles. The molecule has 3 aromatic rings. The lowest BCUT2D eigenvalue weighted by Gasteiger charge is -2.19. The fourth-order valence-electron chi connectivity index (χ4n) is 2.76. The zero-order valence-electron chi connectivity index (χ0n) is 15.1. The van der Waals surface area contributed by atoms with Crippen LogP contribution < -0.4 is 10.2 Å². The SMILES string of the molecule is CC(C)C[C@H](CO)Nc1nc([S@@+]([O-])Cc2ccccc2)nc2[nH]c(=O)sc12. The van der Waals surface area contributed by atoms with Crippen LogP contribution in [-0.2, 0) is 16.9 Å². The minimum Gasteiger partial charge on any atom is -0.609 e. The lowest BCUT2D eigenvalue weighted by Crippen LogP contribution is -2.26. The van der Waals surface area contributed by atoms with E-state index < -0.39 is 11.2 Å². The summed E-state index contributed by atoms with van der Waals surface area (Å²) in [6.45, 7) is 4.06. The Bertz CT molecular complexity index is 943. The molecule has 0 unspecified atom stereocenters. The number of hydrogen-bond donors (Lipinski definition) is 3. The predicted molar refractivity (Wildman–Crippen MR) is 109 cm³/mol. The fourth-order valence-corrected chi connectivity index (χ4v) is 4.50. The molecule has 2 aromatic heterocycles. The number of aliphatic hydroxyl groups excluding tert-OH is 1. The number of nitrogens with one attached hydrogen (secondary N) is 2. The minimum absolute atomic E-state index is 0.0641. The van der Waals surface area contributed by atoms with Crippen molar-refractivity contribution in [2.45, 2.75) is 37.2 Å². The Morgan fingerprint density at radius 3 is 2.70 bits per heavy atom. The Morgan fingerprint density at radius 2 is 2.04 bits per heavy atom. The van der Waals surface area contributed by atoms with E-state index in [1.807, 2.05) is 30.3 Å². The molecule has 3 rings (SSSR count). The van der Waals surface area contributed by atoms with Crippen LogP contribution in [0.3, 0.4) is 0 Å². The summed E-state index contributed by atoms with van der Waals surface area (Å²) in [6, 6.07) is 9.25. The summed E-state index contributed by atoms with van der Waals surface area (Å²) in [5.74, 6) is 1.10. The van der Waals surface area contributed by atoms with Crippen molar-refractivity contribution in [3.8, 4) is 0 Å². The van der Waals surface area contributed by atoms with Crippen molar-refractivity contribution in [3.05, 3.63) is 45.6 Å². The Kier molecular flexibility index (Phi) is 6.48. The van der Waals surface area contributed by atoms with Crippen LogP contribution in [0.25, 0.3) is 10.3 Å². The van der Waals surface area contributed by atoms with Gasteiger partial charge >= 0.3 is 10.0 Å². The molecule has 27 heavy (non-hydrogen) atoms. The largest absolute Gasteiger partial charge is 0.609 e. The maximum atomic E-state index is 12.8. The summed E-state index contributed by atoms with van der Waals surface area (Å²) >= 11 is -0.466. The number of thiazole rings is 1. The quantitative estimate of drug-likeness (QED) is 0.391. The van der Waals surface area contributed by atoms with Gasteiger partial charge in [0, 0.05) is 16.7 Å². The topological polar surface area (TPSA) is 114 Å². The van der Waals surface area contributed by atoms with E-state index in [2.05, 4.69) is 34.1 Å². The van der Waals surface area contributed by atoms with E-state index in [0.717, 1.165) is 23.3 Å². The van der Waals surface area contributed by atoms with E-state index in [0.29, 0.717) is 22.1 Å². The van der Waals surface area contributed by atoms with Crippen LogP contribution in [-0.4, -0.2) is 37.3 Å². The zero-order valence-corrected chi connectivity index (χ0v) is 16.8. The molecule has 7 nitrogen and oxygen atoms in total. The second kappa shape index (κ2) is 8.83. The first-order valence-corrected chi connectivity index (χ1v) is 10.8. The average Bonchev–Trinajstić information content (AvgIpc) is 3.02. The fraction of sp³-hybridized carbons (Fsp3) is 0.389. The normalized spacial score (nSPS) is 13.8. The van der Waals surface area contributed by atoms with Crippen LogP contribution in [0.1, 0.15) is 25.8 Å². The highest BCUT2D eigenvalue weighted by Crippen LogP contribution is 2.25. The van der Waals surface area contributed by atoms with Gasteiger partial charge in [0.25, 0.3) is 0 Å². The van der Waals surface area contributed by atoms with Crippen LogP contribution >= 0.6 is 11.3 Å². The third-order valence-corrected chi connectivity index (χ3v) is 5.99. The summed E-state index contributed by atoms with van der Waals surface area (Å²) in [6.07, 6.45) is 0.740. The third kappa shape index (κ3) is 5.07. The lowest BCUT2D eigenvalue weighted by atomic mass is 10.0. The molecular weight excluding hydrogens is 384 g/mol. The molecule has 0 saturated heterocycles. The number of aromatic nitrogens is 3. The smallest absolute Gasteiger partial charge is 0.347 e. The first kappa shape index (κ1) is 19.8. The van der Waals surface area contributed by atoms with Gasteiger partial charge in [0.05, 0.1) is 12.6 Å². The number of benzene rings is 1. The number of anilines is 1. The molecule has 0 aliphatic rings. The Labute approximate surface area is 164 Å². The van der Waals surface area contributed by atoms with Crippen LogP contribution in [0.5, 0.6) is 0 Å². The Morgan fingerprint density at radius 1 is 1.30 bits per heavy atom. The molecule has 0 radical (unpaired) electrons. The number of aromatic amines is 1. The Balaban J connectivity index is 1.93. The van der Waals surface area contributed by atoms with Gasteiger partial charge in [-0.05, 0) is 12.3 Å². The van der Waals surface area contributed by atoms with Gasteiger partial charge in [-0.25, -0.2) is 0 Å². The maximum Gasteiger partial charge on any atom is 0.347 e. The molecule has 0 aliphatic carbocycles. The summed E-state index contributed by atoms with van der Waals surface area (Å²) in [5.41, 5.74) is 1.28. The summed E-state index contributed by atoms with van der Waals surface area (Å²) < 4.78 is 13.3. The highest BCUT2D eigenvalue weighted by molar-refractivity contribution is 7.90. The van der Waals surface area contributed by atoms with Crippen molar-refractivity contribution in [1.29, 1.82) is 0 Å². The van der Waals surface area contributed by atoms with E-state index in [1.54, 1.807) is 0 Å². The summed E-state index contributed by atoms with van der Waals surface area (Å²) in [7, 11) is 0. The number of aliphatic hydroxyl groups is 1. The number of nitrogens with zero attached hydrogens (tertiary/aromatic N) is 2. The standard InChI is InChI=1S/C18H22N4O3S2/c1-11(2)8-13(9-23)19-15-14-16(22-18(24)26-14)21-17(20-15)27(25)10-12-6-4-3-5-7-12/h3-7,11,13,23H,8-10H2,1-2H3,(H2,19,20,21,22,24)/t13-,27+/m1/s1. The number of H-pyrrole nitrogens is 1. The van der Waals surface area contributed by atoms with Gasteiger partial charge in [0.2, 0.25) is 0 Å². The van der Waals surface area contributed by atoms with Gasteiger partial charge in [-0.2, -0.15) is 9.97 Å². The molecule has 2 heterocycles. The van der Waals surface area contributed by atoms with Crippen molar-refractivity contribution in [3.63, 3.8) is 0 Å². The van der Waals surface area contributed by atoms with Gasteiger partial charge in [0.1, 0.15) is 10.5 Å². The van der Waals surface area contributed by atoms with E-state index in [9.17, 15) is 14.5 Å². The van der Waals surface area contributed by atoms with Crippen LogP contribution in [0.2, 0.25) is 0 Å². The molecule has 1 aromatic carbocycles. The average molecular weight is 407 g/mol. The number of rotatable bonds is 8. The van der Waals surface area contributed by atoms with Crippen molar-refractivity contribution in [2.24, 2.45) is 5.92 Å². The van der Waals surface area contributed by atoms with Crippen molar-refractivity contribution >= 4 is 38.7 Å². The van der Waals surface area contributed by atoms with E-state index >= 15 is 0 Å². The molecule has 3 N–H and O–H groups in total. The van der Waals surface area contributed by atoms with Crippen molar-refractivity contribution in [2.75, 3.05) is 11.9 Å². The van der Waals surface area contributed by atoms with Gasteiger partial charge in [0.15, 0.2) is 11.5 Å². The van der Waals surface area contributed by atoms with E-state index in [1.165, 1.54) is 0 Å². The van der Waals surface area contributed by atoms with Gasteiger partial charge < -0.3 is 15.0 Å². The van der Waals surface area contributed by atoms with Crippen LogP contribution in [0.4, 0.5) is 5.82 Å². The first-order valence-electron chi connectivity index (χ1n) is 8.66. The second-order valence-corrected chi connectivity index (χ2v) is 9.00. The molecule has 0 fully saturated rings. The number of hydrogen-bond acceptors (Lipinski definition) is 7. The molecule has 9 heteroatoms. The Hall–Kier alpha value is -1.94. The van der Waals surface area contributed by atoms with Crippen molar-refractivity contribution in [1.82, 2.24) is 15.0 Å². The summed E-state index contributed by atoms with van der Waals surface area (Å²) in [5, 5.41) is 13.0. The van der Waals surface area contributed by atoms with Crippen molar-refractivity contribution < 1.29 is 9.66 Å². The second-order valence-electron chi connectivity index (χ2n) is 6.68. The predicted octanol–water partition coefficient (Wildman–Crippen LogP) is 2.51. The van der Waals surface area contributed by atoms with Crippen LogP contribution in [0.15, 0.2) is 40.3 Å². The van der Waals surface area contributed by atoms with Crippen LogP contribution in [0, 0.1) is 5.92 Å². The van der Waals surface area contributed by atoms with Gasteiger partial charge in [-0.3, -0.25) is 9.78 Å². The van der Waals surface area contributed by atoms with Gasteiger partial charge in [-0.1, -0.05) is 55.5 Å². The molecule has 0 saturated carbocycles. The molecule has 0 spiro atoms. The number of fused-ring (bicyclic) bond motifs is 1. The molecule has 0 amide bonds. The molecule has 2 atom stereocenters. The molecule has 144 valence electrons. The van der Waals surface area contributed by atoms with Gasteiger partial charge in [-0.15, -0.1) is 0 Å². The van der Waals surface area contributed by atoms with E-state index in [4.69, 9.17) is 0 Å². The van der Waals surface area contributed by atoms with E-state index in [-0.39, 0.29) is 28.4 Å². The summed E-state index contributed by atoms with van der Waals surface area (Å²) in [4.78, 5) is 22.9. The highest BCUT2D eigenvalue weighted by Gasteiger charge is 2.22. The first-order chi connectivity index (χ1) is 13.0. The minimum atomic E-state index is -1.46. The third-order valence-electron chi connectivity index (χ3n) is 3.92. The lowest BCUT2D eigenvalue weighted by molar-refractivity contribution is 0.259. The molecular formula is C18H22N4O3S2. The highest BCUT2D eigenvalue weighted by atomic mass is 32.2.